The zero-order chi connectivity index (χ0) is 14.8. The molecule has 1 saturated heterocycles. The SMILES string of the molecule is CNC(C)c1nnc(N2CCN(CC(C)(C)O)CC2)o1. The second-order valence-electron chi connectivity index (χ2n) is 6.01. The van der Waals surface area contributed by atoms with Crippen molar-refractivity contribution in [1.82, 2.24) is 20.4 Å². The summed E-state index contributed by atoms with van der Waals surface area (Å²) in [6.07, 6.45) is 0. The molecule has 1 atom stereocenters. The van der Waals surface area contributed by atoms with Crippen LogP contribution in [0.25, 0.3) is 0 Å². The van der Waals surface area contributed by atoms with Crippen LogP contribution in [0.1, 0.15) is 32.7 Å². The number of aliphatic hydroxyl groups is 1. The van der Waals surface area contributed by atoms with Crippen molar-refractivity contribution < 1.29 is 9.52 Å². The van der Waals surface area contributed by atoms with Crippen molar-refractivity contribution in [3.05, 3.63) is 5.89 Å². The second-order valence-corrected chi connectivity index (χ2v) is 6.01. The van der Waals surface area contributed by atoms with E-state index < -0.39 is 5.60 Å². The molecule has 1 aliphatic heterocycles. The Morgan fingerprint density at radius 1 is 1.30 bits per heavy atom. The van der Waals surface area contributed by atoms with Gasteiger partial charge in [0.1, 0.15) is 0 Å². The lowest BCUT2D eigenvalue weighted by molar-refractivity contribution is 0.0342. The van der Waals surface area contributed by atoms with E-state index in [0.717, 1.165) is 26.2 Å². The molecule has 7 heteroatoms. The maximum Gasteiger partial charge on any atom is 0.318 e. The van der Waals surface area contributed by atoms with Crippen LogP contribution in [0.5, 0.6) is 0 Å². The van der Waals surface area contributed by atoms with Crippen LogP contribution in [0.2, 0.25) is 0 Å². The molecule has 2 rings (SSSR count). The van der Waals surface area contributed by atoms with Crippen molar-refractivity contribution >= 4 is 6.01 Å². The standard InChI is InChI=1S/C13H25N5O2/c1-10(14-4)11-15-16-12(20-11)18-7-5-17(6-8-18)9-13(2,3)19/h10,14,19H,5-9H2,1-4H3. The van der Waals surface area contributed by atoms with Gasteiger partial charge in [-0.15, -0.1) is 5.10 Å². The Bertz CT molecular complexity index is 421. The van der Waals surface area contributed by atoms with Gasteiger partial charge in [-0.25, -0.2) is 0 Å². The molecule has 0 amide bonds. The van der Waals surface area contributed by atoms with Gasteiger partial charge >= 0.3 is 6.01 Å². The van der Waals surface area contributed by atoms with Crippen molar-refractivity contribution in [2.45, 2.75) is 32.4 Å². The van der Waals surface area contributed by atoms with E-state index in [1.807, 2.05) is 27.8 Å². The summed E-state index contributed by atoms with van der Waals surface area (Å²) in [6.45, 7) is 9.81. The van der Waals surface area contributed by atoms with E-state index in [1.165, 1.54) is 0 Å². The number of β-amino-alcohol motifs (C(OH)–C–C–N with tert-alkyl or cyclic N) is 1. The number of piperazine rings is 1. The molecule has 1 aromatic rings. The fourth-order valence-electron chi connectivity index (χ4n) is 2.30. The van der Waals surface area contributed by atoms with Gasteiger partial charge < -0.3 is 19.7 Å². The third kappa shape index (κ3) is 3.91. The predicted octanol–water partition coefficient (Wildman–Crippen LogP) is 0.243. The van der Waals surface area contributed by atoms with E-state index in [1.54, 1.807) is 0 Å². The lowest BCUT2D eigenvalue weighted by Crippen LogP contribution is -2.50. The summed E-state index contributed by atoms with van der Waals surface area (Å²) < 4.78 is 5.69. The van der Waals surface area contributed by atoms with Gasteiger partial charge in [0.2, 0.25) is 5.89 Å². The van der Waals surface area contributed by atoms with Crippen LogP contribution in [0.15, 0.2) is 4.42 Å². The lowest BCUT2D eigenvalue weighted by atomic mass is 10.1. The highest BCUT2D eigenvalue weighted by atomic mass is 16.4. The molecule has 1 unspecified atom stereocenters. The highest BCUT2D eigenvalue weighted by molar-refractivity contribution is 5.25. The van der Waals surface area contributed by atoms with Crippen LogP contribution < -0.4 is 10.2 Å². The third-order valence-electron chi connectivity index (χ3n) is 3.49. The molecule has 0 spiro atoms. The minimum atomic E-state index is -0.651. The first-order valence-electron chi connectivity index (χ1n) is 7.09. The highest BCUT2D eigenvalue weighted by Gasteiger charge is 2.25. The minimum absolute atomic E-state index is 0.0627. The number of hydrogen-bond donors (Lipinski definition) is 2. The molecule has 114 valence electrons. The maximum atomic E-state index is 9.84. The Balaban J connectivity index is 1.89. The van der Waals surface area contributed by atoms with Crippen LogP contribution in [-0.4, -0.2) is 65.6 Å². The largest absolute Gasteiger partial charge is 0.406 e. The van der Waals surface area contributed by atoms with Crippen molar-refractivity contribution in [1.29, 1.82) is 0 Å². The zero-order valence-corrected chi connectivity index (χ0v) is 12.8. The smallest absolute Gasteiger partial charge is 0.318 e. The summed E-state index contributed by atoms with van der Waals surface area (Å²) >= 11 is 0. The quantitative estimate of drug-likeness (QED) is 0.801. The van der Waals surface area contributed by atoms with E-state index in [-0.39, 0.29) is 6.04 Å². The monoisotopic (exact) mass is 283 g/mol. The summed E-state index contributed by atoms with van der Waals surface area (Å²) in [5, 5.41) is 21.1. The summed E-state index contributed by atoms with van der Waals surface area (Å²) in [6, 6.07) is 0.651. The molecule has 1 fully saturated rings. The zero-order valence-electron chi connectivity index (χ0n) is 12.8. The van der Waals surface area contributed by atoms with Gasteiger partial charge in [0.15, 0.2) is 0 Å². The molecular weight excluding hydrogens is 258 g/mol. The summed E-state index contributed by atoms with van der Waals surface area (Å²) in [7, 11) is 1.87. The molecule has 1 aromatic heterocycles. The van der Waals surface area contributed by atoms with Gasteiger partial charge in [-0.2, -0.15) is 0 Å². The van der Waals surface area contributed by atoms with Gasteiger partial charge in [0.05, 0.1) is 11.6 Å². The van der Waals surface area contributed by atoms with Crippen LogP contribution >= 0.6 is 0 Å². The molecule has 7 nitrogen and oxygen atoms in total. The van der Waals surface area contributed by atoms with Gasteiger partial charge in [-0.1, -0.05) is 5.10 Å². The minimum Gasteiger partial charge on any atom is -0.406 e. The predicted molar refractivity (Wildman–Crippen MR) is 76.7 cm³/mol. The van der Waals surface area contributed by atoms with Crippen LogP contribution in [0.4, 0.5) is 6.01 Å². The van der Waals surface area contributed by atoms with Crippen molar-refractivity contribution in [3.8, 4) is 0 Å². The summed E-state index contributed by atoms with van der Waals surface area (Å²) in [5.41, 5.74) is -0.651. The normalized spacial score (nSPS) is 19.4. The lowest BCUT2D eigenvalue weighted by Gasteiger charge is -2.36. The molecule has 1 aliphatic rings. The average Bonchev–Trinajstić information content (AvgIpc) is 2.86. The first-order valence-corrected chi connectivity index (χ1v) is 7.09. The third-order valence-corrected chi connectivity index (χ3v) is 3.49. The average molecular weight is 283 g/mol. The summed E-state index contributed by atoms with van der Waals surface area (Å²) in [5.74, 6) is 0.612. The fourth-order valence-corrected chi connectivity index (χ4v) is 2.30. The topological polar surface area (TPSA) is 77.7 Å². The molecule has 0 aliphatic carbocycles. The first-order chi connectivity index (χ1) is 9.39. The molecule has 0 bridgehead atoms. The van der Waals surface area contributed by atoms with Gasteiger partial charge in [0.25, 0.3) is 0 Å². The van der Waals surface area contributed by atoms with Crippen molar-refractivity contribution in [2.75, 3.05) is 44.7 Å². The Hall–Kier alpha value is -1.18. The van der Waals surface area contributed by atoms with E-state index in [9.17, 15) is 5.11 Å². The van der Waals surface area contributed by atoms with E-state index >= 15 is 0 Å². The summed E-state index contributed by atoms with van der Waals surface area (Å²) in [4.78, 5) is 4.35. The van der Waals surface area contributed by atoms with Crippen LogP contribution in [0.3, 0.4) is 0 Å². The molecule has 0 saturated carbocycles. The number of anilines is 1. The Morgan fingerprint density at radius 3 is 2.50 bits per heavy atom. The Labute approximate surface area is 120 Å². The molecule has 0 radical (unpaired) electrons. The van der Waals surface area contributed by atoms with E-state index in [0.29, 0.717) is 18.5 Å². The van der Waals surface area contributed by atoms with Crippen molar-refractivity contribution in [2.24, 2.45) is 0 Å². The maximum absolute atomic E-state index is 9.84. The van der Waals surface area contributed by atoms with Crippen molar-refractivity contribution in [3.63, 3.8) is 0 Å². The number of aromatic nitrogens is 2. The highest BCUT2D eigenvalue weighted by Crippen LogP contribution is 2.19. The fraction of sp³-hybridized carbons (Fsp3) is 0.846. The van der Waals surface area contributed by atoms with Crippen LogP contribution in [0, 0.1) is 0 Å². The van der Waals surface area contributed by atoms with Gasteiger partial charge in [0, 0.05) is 32.7 Å². The molecule has 2 heterocycles. The number of hydrogen-bond acceptors (Lipinski definition) is 7. The van der Waals surface area contributed by atoms with E-state index in [4.69, 9.17) is 4.42 Å². The first kappa shape index (κ1) is 15.2. The number of nitrogens with one attached hydrogen (secondary N) is 1. The molecular formula is C13H25N5O2. The molecule has 20 heavy (non-hydrogen) atoms. The number of nitrogens with zero attached hydrogens (tertiary/aromatic N) is 4. The molecule has 2 N–H and O–H groups in total. The second kappa shape index (κ2) is 6.07. The van der Waals surface area contributed by atoms with Crippen LogP contribution in [-0.2, 0) is 0 Å². The number of rotatable bonds is 5. The Morgan fingerprint density at radius 2 is 1.95 bits per heavy atom. The Kier molecular flexibility index (Phi) is 4.62. The molecule has 0 aromatic carbocycles. The van der Waals surface area contributed by atoms with Gasteiger partial charge in [-0.05, 0) is 27.8 Å². The van der Waals surface area contributed by atoms with E-state index in [2.05, 4.69) is 25.3 Å². The van der Waals surface area contributed by atoms with Gasteiger partial charge in [-0.3, -0.25) is 4.90 Å².